The summed E-state index contributed by atoms with van der Waals surface area (Å²) in [5, 5.41) is 14.1. The normalized spacial score (nSPS) is 10.9. The molecule has 0 bridgehead atoms. The van der Waals surface area contributed by atoms with Crippen LogP contribution in [0.5, 0.6) is 5.75 Å². The number of ether oxygens (including phenoxy) is 1. The number of rotatable bonds is 8. The van der Waals surface area contributed by atoms with E-state index in [2.05, 4.69) is 10.6 Å². The van der Waals surface area contributed by atoms with Crippen LogP contribution in [0.4, 0.5) is 0 Å². The SMILES string of the molecule is CCOc1ccc(C(=O)NC(=Cc2ccccc2)C(=O)NCCO)cc1. The van der Waals surface area contributed by atoms with Crippen molar-refractivity contribution < 1.29 is 19.4 Å². The van der Waals surface area contributed by atoms with Crippen LogP contribution in [0.1, 0.15) is 22.8 Å². The summed E-state index contributed by atoms with van der Waals surface area (Å²) in [7, 11) is 0. The number of hydrogen-bond donors (Lipinski definition) is 3. The molecule has 2 rings (SSSR count). The topological polar surface area (TPSA) is 87.7 Å². The minimum Gasteiger partial charge on any atom is -0.494 e. The van der Waals surface area contributed by atoms with Gasteiger partial charge in [0.15, 0.2) is 0 Å². The number of carbonyl (C=O) groups excluding carboxylic acids is 2. The molecule has 0 aliphatic carbocycles. The number of aliphatic hydroxyl groups is 1. The van der Waals surface area contributed by atoms with Crippen molar-refractivity contribution in [1.29, 1.82) is 0 Å². The first kappa shape index (κ1) is 19.2. The number of nitrogens with one attached hydrogen (secondary N) is 2. The summed E-state index contributed by atoms with van der Waals surface area (Å²) in [5.41, 5.74) is 1.28. The number of carbonyl (C=O) groups is 2. The van der Waals surface area contributed by atoms with Gasteiger partial charge in [-0.2, -0.15) is 0 Å². The monoisotopic (exact) mass is 354 g/mol. The van der Waals surface area contributed by atoms with E-state index in [0.717, 1.165) is 5.56 Å². The Morgan fingerprint density at radius 2 is 1.77 bits per heavy atom. The maximum atomic E-state index is 12.5. The van der Waals surface area contributed by atoms with E-state index in [4.69, 9.17) is 9.84 Å². The van der Waals surface area contributed by atoms with Crippen LogP contribution in [0, 0.1) is 0 Å². The molecule has 0 saturated carbocycles. The molecule has 0 aliphatic rings. The smallest absolute Gasteiger partial charge is 0.267 e. The van der Waals surface area contributed by atoms with Gasteiger partial charge in [0.05, 0.1) is 13.2 Å². The van der Waals surface area contributed by atoms with Crippen LogP contribution in [0.2, 0.25) is 0 Å². The van der Waals surface area contributed by atoms with E-state index in [1.807, 2.05) is 37.3 Å². The third kappa shape index (κ3) is 5.75. The number of hydrogen-bond acceptors (Lipinski definition) is 4. The molecule has 0 fully saturated rings. The second-order valence-corrected chi connectivity index (χ2v) is 5.36. The number of amides is 2. The highest BCUT2D eigenvalue weighted by atomic mass is 16.5. The van der Waals surface area contributed by atoms with E-state index in [0.29, 0.717) is 17.9 Å². The van der Waals surface area contributed by atoms with Crippen LogP contribution < -0.4 is 15.4 Å². The molecule has 2 amide bonds. The van der Waals surface area contributed by atoms with E-state index >= 15 is 0 Å². The molecule has 0 aromatic heterocycles. The molecular formula is C20H22N2O4. The van der Waals surface area contributed by atoms with E-state index in [9.17, 15) is 9.59 Å². The Hall–Kier alpha value is -3.12. The molecule has 2 aromatic rings. The molecule has 6 heteroatoms. The van der Waals surface area contributed by atoms with Gasteiger partial charge in [-0.25, -0.2) is 0 Å². The Bertz CT molecular complexity index is 755. The molecule has 0 atom stereocenters. The van der Waals surface area contributed by atoms with Crippen LogP contribution >= 0.6 is 0 Å². The van der Waals surface area contributed by atoms with Gasteiger partial charge in [0.25, 0.3) is 11.8 Å². The minimum atomic E-state index is -0.470. The Morgan fingerprint density at radius 1 is 1.08 bits per heavy atom. The summed E-state index contributed by atoms with van der Waals surface area (Å²) >= 11 is 0. The lowest BCUT2D eigenvalue weighted by Crippen LogP contribution is -2.36. The third-order valence-electron chi connectivity index (χ3n) is 3.43. The summed E-state index contributed by atoms with van der Waals surface area (Å²) < 4.78 is 5.35. The van der Waals surface area contributed by atoms with Crippen molar-refractivity contribution in [2.75, 3.05) is 19.8 Å². The highest BCUT2D eigenvalue weighted by Gasteiger charge is 2.14. The van der Waals surface area contributed by atoms with Crippen molar-refractivity contribution in [1.82, 2.24) is 10.6 Å². The summed E-state index contributed by atoms with van der Waals surface area (Å²) in [4.78, 5) is 24.8. The van der Waals surface area contributed by atoms with Gasteiger partial charge in [-0.1, -0.05) is 30.3 Å². The average Bonchev–Trinajstić information content (AvgIpc) is 2.67. The van der Waals surface area contributed by atoms with Gasteiger partial charge in [-0.3, -0.25) is 9.59 Å². The van der Waals surface area contributed by atoms with Gasteiger partial charge in [0, 0.05) is 12.1 Å². The Kier molecular flexibility index (Phi) is 7.39. The third-order valence-corrected chi connectivity index (χ3v) is 3.43. The summed E-state index contributed by atoms with van der Waals surface area (Å²) in [6, 6.07) is 15.8. The van der Waals surface area contributed by atoms with Crippen LogP contribution in [-0.2, 0) is 4.79 Å². The van der Waals surface area contributed by atoms with E-state index in [-0.39, 0.29) is 18.8 Å². The highest BCUT2D eigenvalue weighted by Crippen LogP contribution is 2.13. The van der Waals surface area contributed by atoms with E-state index < -0.39 is 11.8 Å². The Balaban J connectivity index is 2.18. The largest absolute Gasteiger partial charge is 0.494 e. The molecule has 0 unspecified atom stereocenters. The molecule has 0 spiro atoms. The molecule has 6 nitrogen and oxygen atoms in total. The maximum Gasteiger partial charge on any atom is 0.267 e. The molecule has 0 heterocycles. The fourth-order valence-electron chi connectivity index (χ4n) is 2.20. The van der Waals surface area contributed by atoms with Crippen molar-refractivity contribution in [2.24, 2.45) is 0 Å². The summed E-state index contributed by atoms with van der Waals surface area (Å²) in [6.07, 6.45) is 1.58. The van der Waals surface area contributed by atoms with Crippen molar-refractivity contribution in [3.05, 3.63) is 71.4 Å². The lowest BCUT2D eigenvalue weighted by Gasteiger charge is -2.11. The van der Waals surface area contributed by atoms with Gasteiger partial charge < -0.3 is 20.5 Å². The van der Waals surface area contributed by atoms with Gasteiger partial charge in [0.2, 0.25) is 0 Å². The van der Waals surface area contributed by atoms with E-state index in [1.54, 1.807) is 30.3 Å². The number of aliphatic hydroxyl groups excluding tert-OH is 1. The first-order valence-electron chi connectivity index (χ1n) is 8.34. The lowest BCUT2D eigenvalue weighted by molar-refractivity contribution is -0.117. The molecule has 136 valence electrons. The zero-order chi connectivity index (χ0) is 18.8. The second-order valence-electron chi connectivity index (χ2n) is 5.36. The predicted molar refractivity (Wildman–Crippen MR) is 99.6 cm³/mol. The first-order chi connectivity index (χ1) is 12.6. The van der Waals surface area contributed by atoms with Gasteiger partial charge in [0.1, 0.15) is 11.4 Å². The second kappa shape index (κ2) is 10.0. The molecular weight excluding hydrogens is 332 g/mol. The fourth-order valence-corrected chi connectivity index (χ4v) is 2.20. The summed E-state index contributed by atoms with van der Waals surface area (Å²) in [6.45, 7) is 2.34. The Labute approximate surface area is 152 Å². The van der Waals surface area contributed by atoms with Gasteiger partial charge in [-0.15, -0.1) is 0 Å². The quantitative estimate of drug-likeness (QED) is 0.633. The van der Waals surface area contributed by atoms with Crippen molar-refractivity contribution >= 4 is 17.9 Å². The van der Waals surface area contributed by atoms with Crippen molar-refractivity contribution in [2.45, 2.75) is 6.92 Å². The fraction of sp³-hybridized carbons (Fsp3) is 0.200. The molecule has 0 radical (unpaired) electrons. The zero-order valence-electron chi connectivity index (χ0n) is 14.6. The molecule has 26 heavy (non-hydrogen) atoms. The average molecular weight is 354 g/mol. The summed E-state index contributed by atoms with van der Waals surface area (Å²) in [5.74, 6) is -0.207. The predicted octanol–water partition coefficient (Wildman–Crippen LogP) is 1.96. The maximum absolute atomic E-state index is 12.5. The first-order valence-corrected chi connectivity index (χ1v) is 8.34. The molecule has 3 N–H and O–H groups in total. The van der Waals surface area contributed by atoms with Gasteiger partial charge in [-0.05, 0) is 42.8 Å². The highest BCUT2D eigenvalue weighted by molar-refractivity contribution is 6.05. The Morgan fingerprint density at radius 3 is 2.38 bits per heavy atom. The number of benzene rings is 2. The lowest BCUT2D eigenvalue weighted by atomic mass is 10.1. The van der Waals surface area contributed by atoms with Crippen molar-refractivity contribution in [3.63, 3.8) is 0 Å². The van der Waals surface area contributed by atoms with E-state index in [1.165, 1.54) is 0 Å². The molecule has 0 aliphatic heterocycles. The zero-order valence-corrected chi connectivity index (χ0v) is 14.6. The van der Waals surface area contributed by atoms with Crippen LogP contribution in [-0.4, -0.2) is 36.7 Å². The van der Waals surface area contributed by atoms with Crippen LogP contribution in [0.3, 0.4) is 0 Å². The molecule has 0 saturated heterocycles. The minimum absolute atomic E-state index is 0.100. The van der Waals surface area contributed by atoms with Crippen LogP contribution in [0.25, 0.3) is 6.08 Å². The van der Waals surface area contributed by atoms with Crippen LogP contribution in [0.15, 0.2) is 60.3 Å². The standard InChI is InChI=1S/C20H22N2O4/c1-2-26-17-10-8-16(9-11-17)19(24)22-18(20(25)21-12-13-23)14-15-6-4-3-5-7-15/h3-11,14,23H,2,12-13H2,1H3,(H,21,25)(H,22,24). The van der Waals surface area contributed by atoms with Gasteiger partial charge >= 0.3 is 0 Å². The molecule has 2 aromatic carbocycles. The van der Waals surface area contributed by atoms with Crippen molar-refractivity contribution in [3.8, 4) is 5.75 Å².